The zero-order valence-corrected chi connectivity index (χ0v) is 11.0. The lowest BCUT2D eigenvalue weighted by molar-refractivity contribution is -0.134. The molecule has 0 bridgehead atoms. The fourth-order valence-corrected chi connectivity index (χ4v) is 2.25. The van der Waals surface area contributed by atoms with Crippen molar-refractivity contribution in [3.05, 3.63) is 0 Å². The van der Waals surface area contributed by atoms with Crippen molar-refractivity contribution < 1.29 is 17.9 Å². The number of nitrogens with zero attached hydrogens (tertiary/aromatic N) is 1. The van der Waals surface area contributed by atoms with Crippen molar-refractivity contribution in [1.29, 1.82) is 0 Å². The molecule has 17 heavy (non-hydrogen) atoms. The molecule has 0 saturated carbocycles. The standard InChI is InChI=1S/C10H20N2O4S/c1-17(14,15)8-2-3-11-9-10(13)12-4-6-16-7-5-12/h11H,2-9H2,1H3. The minimum absolute atomic E-state index is 0.0488. The van der Waals surface area contributed by atoms with Crippen molar-refractivity contribution in [3.63, 3.8) is 0 Å². The predicted octanol–water partition coefficient (Wildman–Crippen LogP) is -1.13. The van der Waals surface area contributed by atoms with Gasteiger partial charge >= 0.3 is 0 Å². The summed E-state index contributed by atoms with van der Waals surface area (Å²) in [5.41, 5.74) is 0. The van der Waals surface area contributed by atoms with Crippen molar-refractivity contribution in [2.45, 2.75) is 6.42 Å². The van der Waals surface area contributed by atoms with Gasteiger partial charge < -0.3 is 15.0 Å². The van der Waals surface area contributed by atoms with Gasteiger partial charge in [-0.05, 0) is 13.0 Å². The zero-order chi connectivity index (χ0) is 12.7. The highest BCUT2D eigenvalue weighted by Crippen LogP contribution is 1.96. The van der Waals surface area contributed by atoms with Crippen molar-refractivity contribution in [1.82, 2.24) is 10.2 Å². The van der Waals surface area contributed by atoms with Crippen LogP contribution in [0, 0.1) is 0 Å². The van der Waals surface area contributed by atoms with Crippen LogP contribution in [0.3, 0.4) is 0 Å². The molecule has 6 nitrogen and oxygen atoms in total. The lowest BCUT2D eigenvalue weighted by Gasteiger charge is -2.26. The molecule has 0 spiro atoms. The summed E-state index contributed by atoms with van der Waals surface area (Å²) in [4.78, 5) is 13.4. The summed E-state index contributed by atoms with van der Waals surface area (Å²) >= 11 is 0. The van der Waals surface area contributed by atoms with Gasteiger partial charge in [0.2, 0.25) is 5.91 Å². The molecule has 1 rings (SSSR count). The minimum atomic E-state index is -2.90. The first-order valence-electron chi connectivity index (χ1n) is 5.73. The van der Waals surface area contributed by atoms with Crippen LogP contribution in [0.1, 0.15) is 6.42 Å². The molecule has 1 amide bonds. The van der Waals surface area contributed by atoms with Crippen molar-refractivity contribution >= 4 is 15.7 Å². The Bertz CT molecular complexity index is 336. The number of carbonyl (C=O) groups is 1. The van der Waals surface area contributed by atoms with Crippen LogP contribution in [0.2, 0.25) is 0 Å². The second-order valence-corrected chi connectivity index (χ2v) is 6.41. The molecule has 100 valence electrons. The number of nitrogens with one attached hydrogen (secondary N) is 1. The Labute approximate surface area is 102 Å². The van der Waals surface area contributed by atoms with Gasteiger partial charge in [-0.2, -0.15) is 0 Å². The van der Waals surface area contributed by atoms with E-state index in [9.17, 15) is 13.2 Å². The van der Waals surface area contributed by atoms with Crippen molar-refractivity contribution in [3.8, 4) is 0 Å². The SMILES string of the molecule is CS(=O)(=O)CCCNCC(=O)N1CCOCC1. The molecular weight excluding hydrogens is 244 g/mol. The van der Waals surface area contributed by atoms with E-state index >= 15 is 0 Å². The topological polar surface area (TPSA) is 75.7 Å². The van der Waals surface area contributed by atoms with Crippen LogP contribution in [0.4, 0.5) is 0 Å². The second kappa shape index (κ2) is 6.93. The van der Waals surface area contributed by atoms with Gasteiger partial charge in [-0.3, -0.25) is 4.79 Å². The van der Waals surface area contributed by atoms with Gasteiger partial charge in [0.15, 0.2) is 0 Å². The highest BCUT2D eigenvalue weighted by atomic mass is 32.2. The lowest BCUT2D eigenvalue weighted by Crippen LogP contribution is -2.44. The van der Waals surface area contributed by atoms with Crippen LogP contribution in [-0.2, 0) is 19.4 Å². The number of ether oxygens (including phenoxy) is 1. The maximum Gasteiger partial charge on any atom is 0.236 e. The highest BCUT2D eigenvalue weighted by Gasteiger charge is 2.15. The van der Waals surface area contributed by atoms with Gasteiger partial charge in [-0.1, -0.05) is 0 Å². The molecule has 1 N–H and O–H groups in total. The highest BCUT2D eigenvalue weighted by molar-refractivity contribution is 7.90. The Hall–Kier alpha value is -0.660. The van der Waals surface area contributed by atoms with E-state index in [0.29, 0.717) is 39.3 Å². The van der Waals surface area contributed by atoms with E-state index in [1.165, 1.54) is 6.26 Å². The van der Waals surface area contributed by atoms with E-state index in [0.717, 1.165) is 0 Å². The monoisotopic (exact) mass is 264 g/mol. The van der Waals surface area contributed by atoms with E-state index in [1.54, 1.807) is 4.90 Å². The van der Waals surface area contributed by atoms with Gasteiger partial charge in [0, 0.05) is 19.3 Å². The van der Waals surface area contributed by atoms with Gasteiger partial charge in [0.05, 0.1) is 25.5 Å². The fraction of sp³-hybridized carbons (Fsp3) is 0.900. The molecule has 0 radical (unpaired) electrons. The number of sulfone groups is 1. The third-order valence-corrected chi connectivity index (χ3v) is 3.54. The van der Waals surface area contributed by atoms with Gasteiger partial charge in [-0.15, -0.1) is 0 Å². The Balaban J connectivity index is 2.07. The van der Waals surface area contributed by atoms with Crippen molar-refractivity contribution in [2.24, 2.45) is 0 Å². The summed E-state index contributed by atoms with van der Waals surface area (Å²) in [5.74, 6) is 0.207. The first kappa shape index (κ1) is 14.4. The Morgan fingerprint density at radius 2 is 2.00 bits per heavy atom. The van der Waals surface area contributed by atoms with Crippen LogP contribution in [0.25, 0.3) is 0 Å². The summed E-state index contributed by atoms with van der Waals surface area (Å²) in [7, 11) is -2.90. The summed E-state index contributed by atoms with van der Waals surface area (Å²) in [5, 5.41) is 2.96. The van der Waals surface area contributed by atoms with Crippen molar-refractivity contribution in [2.75, 3.05) is 51.4 Å². The molecule has 0 aromatic carbocycles. The second-order valence-electron chi connectivity index (χ2n) is 4.15. The molecule has 1 fully saturated rings. The Morgan fingerprint density at radius 1 is 1.35 bits per heavy atom. The molecule has 0 aromatic heterocycles. The summed E-state index contributed by atoms with van der Waals surface area (Å²) < 4.78 is 26.9. The van der Waals surface area contributed by atoms with Crippen LogP contribution >= 0.6 is 0 Å². The molecule has 7 heteroatoms. The van der Waals surface area contributed by atoms with Crippen LogP contribution in [-0.4, -0.2) is 70.6 Å². The summed E-state index contributed by atoms with van der Waals surface area (Å²) in [6.07, 6.45) is 1.75. The molecular formula is C10H20N2O4S. The number of rotatable bonds is 6. The molecule has 0 unspecified atom stereocenters. The average Bonchev–Trinajstić information content (AvgIpc) is 2.28. The fourth-order valence-electron chi connectivity index (χ4n) is 1.58. The maximum atomic E-state index is 11.6. The Kier molecular flexibility index (Phi) is 5.87. The van der Waals surface area contributed by atoms with E-state index in [4.69, 9.17) is 4.74 Å². The minimum Gasteiger partial charge on any atom is -0.378 e. The lowest BCUT2D eigenvalue weighted by atomic mass is 10.4. The van der Waals surface area contributed by atoms with Gasteiger partial charge in [0.25, 0.3) is 0 Å². The third kappa shape index (κ3) is 6.60. The maximum absolute atomic E-state index is 11.6. The first-order valence-corrected chi connectivity index (χ1v) is 7.79. The zero-order valence-electron chi connectivity index (χ0n) is 10.1. The summed E-state index contributed by atoms with van der Waals surface area (Å²) in [6.45, 7) is 3.29. The number of hydrogen-bond donors (Lipinski definition) is 1. The number of carbonyl (C=O) groups excluding carboxylic acids is 1. The smallest absolute Gasteiger partial charge is 0.236 e. The molecule has 0 aliphatic carbocycles. The van der Waals surface area contributed by atoms with E-state index in [-0.39, 0.29) is 18.2 Å². The average molecular weight is 264 g/mol. The first-order chi connectivity index (χ1) is 7.99. The quantitative estimate of drug-likeness (QED) is 0.614. The van der Waals surface area contributed by atoms with Crippen LogP contribution < -0.4 is 5.32 Å². The molecule has 0 aromatic rings. The molecule has 1 saturated heterocycles. The molecule has 1 aliphatic heterocycles. The van der Waals surface area contributed by atoms with Gasteiger partial charge in [-0.25, -0.2) is 8.42 Å². The van der Waals surface area contributed by atoms with Gasteiger partial charge in [0.1, 0.15) is 9.84 Å². The van der Waals surface area contributed by atoms with E-state index in [1.807, 2.05) is 0 Å². The number of hydrogen-bond acceptors (Lipinski definition) is 5. The van der Waals surface area contributed by atoms with Crippen LogP contribution in [0.15, 0.2) is 0 Å². The van der Waals surface area contributed by atoms with E-state index < -0.39 is 9.84 Å². The molecule has 1 heterocycles. The summed E-state index contributed by atoms with van der Waals surface area (Å²) in [6, 6.07) is 0. The van der Waals surface area contributed by atoms with Crippen LogP contribution in [0.5, 0.6) is 0 Å². The molecule has 1 aliphatic rings. The van der Waals surface area contributed by atoms with E-state index in [2.05, 4.69) is 5.32 Å². The number of amides is 1. The number of morpholine rings is 1. The molecule has 0 atom stereocenters. The predicted molar refractivity (Wildman–Crippen MR) is 64.6 cm³/mol. The largest absolute Gasteiger partial charge is 0.378 e. The normalized spacial score (nSPS) is 17.1. The Morgan fingerprint density at radius 3 is 2.59 bits per heavy atom. The third-order valence-electron chi connectivity index (χ3n) is 2.51.